The van der Waals surface area contributed by atoms with Crippen LogP contribution in [0, 0.1) is 0 Å². The number of aryl methyl sites for hydroxylation is 2. The van der Waals surface area contributed by atoms with E-state index in [0.717, 1.165) is 49.7 Å². The summed E-state index contributed by atoms with van der Waals surface area (Å²) in [5, 5.41) is 0. The van der Waals surface area contributed by atoms with Crippen molar-refractivity contribution in [1.82, 2.24) is 0 Å². The molecular formula is C30H30O4. The third-order valence-corrected chi connectivity index (χ3v) is 5.89. The first-order valence-electron chi connectivity index (χ1n) is 11.9. The van der Waals surface area contributed by atoms with Crippen LogP contribution in [-0.2, 0) is 12.8 Å². The standard InChI is InChI=1S/C30H30O4/c1-3-5-7-21-9-13-23(14-10-21)27(31)29(33)25-17-19-26(20-18-25)30(34)28(32)24-15-11-22(12-16-24)8-6-4-2/h9-20H,3-8H2,1-2H3. The van der Waals surface area contributed by atoms with Crippen molar-refractivity contribution in [3.63, 3.8) is 0 Å². The lowest BCUT2D eigenvalue weighted by Crippen LogP contribution is -2.16. The second-order valence-electron chi connectivity index (χ2n) is 8.49. The van der Waals surface area contributed by atoms with Crippen LogP contribution in [0.5, 0.6) is 0 Å². The molecule has 4 heteroatoms. The number of hydrogen-bond donors (Lipinski definition) is 0. The first kappa shape index (κ1) is 25.0. The normalized spacial score (nSPS) is 10.6. The summed E-state index contributed by atoms with van der Waals surface area (Å²) in [7, 11) is 0. The van der Waals surface area contributed by atoms with E-state index in [4.69, 9.17) is 0 Å². The summed E-state index contributed by atoms with van der Waals surface area (Å²) in [4.78, 5) is 50.5. The maximum atomic E-state index is 12.6. The third kappa shape index (κ3) is 6.22. The molecule has 174 valence electrons. The van der Waals surface area contributed by atoms with E-state index in [1.54, 1.807) is 24.3 Å². The number of unbranched alkanes of at least 4 members (excludes halogenated alkanes) is 2. The fourth-order valence-electron chi connectivity index (χ4n) is 3.70. The van der Waals surface area contributed by atoms with E-state index in [-0.39, 0.29) is 11.1 Å². The highest BCUT2D eigenvalue weighted by Gasteiger charge is 2.21. The molecule has 0 spiro atoms. The molecule has 0 aliphatic rings. The molecule has 3 aromatic rings. The van der Waals surface area contributed by atoms with Crippen LogP contribution >= 0.6 is 0 Å². The fourth-order valence-corrected chi connectivity index (χ4v) is 3.70. The van der Waals surface area contributed by atoms with Crippen LogP contribution in [0.15, 0.2) is 72.8 Å². The molecule has 0 saturated heterocycles. The minimum absolute atomic E-state index is 0.185. The number of carbonyl (C=O) groups is 4. The minimum atomic E-state index is -0.644. The van der Waals surface area contributed by atoms with Crippen molar-refractivity contribution in [2.24, 2.45) is 0 Å². The summed E-state index contributed by atoms with van der Waals surface area (Å²) >= 11 is 0. The van der Waals surface area contributed by atoms with Crippen LogP contribution in [0.25, 0.3) is 0 Å². The molecule has 0 fully saturated rings. The molecule has 0 heterocycles. The van der Waals surface area contributed by atoms with Crippen molar-refractivity contribution in [1.29, 1.82) is 0 Å². The number of ketones is 4. The second-order valence-corrected chi connectivity index (χ2v) is 8.49. The molecule has 0 aliphatic carbocycles. The summed E-state index contributed by atoms with van der Waals surface area (Å²) in [6, 6.07) is 19.9. The Morgan fingerprint density at radius 1 is 0.441 bits per heavy atom. The van der Waals surface area contributed by atoms with Gasteiger partial charge in [0, 0.05) is 22.3 Å². The Morgan fingerprint density at radius 2 is 0.676 bits per heavy atom. The van der Waals surface area contributed by atoms with E-state index in [9.17, 15) is 19.2 Å². The van der Waals surface area contributed by atoms with Crippen LogP contribution in [0.4, 0.5) is 0 Å². The van der Waals surface area contributed by atoms with Crippen LogP contribution in [-0.4, -0.2) is 23.1 Å². The van der Waals surface area contributed by atoms with E-state index in [2.05, 4.69) is 13.8 Å². The van der Waals surface area contributed by atoms with E-state index in [1.807, 2.05) is 24.3 Å². The van der Waals surface area contributed by atoms with Crippen molar-refractivity contribution in [2.45, 2.75) is 52.4 Å². The van der Waals surface area contributed by atoms with E-state index >= 15 is 0 Å². The Labute approximate surface area is 201 Å². The Bertz CT molecular complexity index is 1060. The van der Waals surface area contributed by atoms with Gasteiger partial charge in [0.2, 0.25) is 23.1 Å². The molecule has 0 bridgehead atoms. The van der Waals surface area contributed by atoms with E-state index in [0.29, 0.717) is 11.1 Å². The SMILES string of the molecule is CCCCc1ccc(C(=O)C(=O)c2ccc(C(=O)C(=O)c3ccc(CCCC)cc3)cc2)cc1. The van der Waals surface area contributed by atoms with E-state index < -0.39 is 23.1 Å². The topological polar surface area (TPSA) is 68.3 Å². The number of hydrogen-bond acceptors (Lipinski definition) is 4. The fraction of sp³-hybridized carbons (Fsp3) is 0.267. The minimum Gasteiger partial charge on any atom is -0.285 e. The van der Waals surface area contributed by atoms with Gasteiger partial charge in [0.05, 0.1) is 0 Å². The zero-order valence-electron chi connectivity index (χ0n) is 19.8. The molecule has 3 aromatic carbocycles. The summed E-state index contributed by atoms with van der Waals surface area (Å²) in [5.74, 6) is -2.48. The Balaban J connectivity index is 1.66. The Morgan fingerprint density at radius 3 is 0.912 bits per heavy atom. The number of carbonyl (C=O) groups excluding carboxylic acids is 4. The molecule has 0 aromatic heterocycles. The third-order valence-electron chi connectivity index (χ3n) is 5.89. The van der Waals surface area contributed by atoms with Gasteiger partial charge in [0.25, 0.3) is 0 Å². The predicted octanol–water partition coefficient (Wildman–Crippen LogP) is 6.50. The summed E-state index contributed by atoms with van der Waals surface area (Å²) < 4.78 is 0. The molecule has 34 heavy (non-hydrogen) atoms. The molecule has 0 unspecified atom stereocenters. The average Bonchev–Trinajstić information content (AvgIpc) is 2.89. The highest BCUT2D eigenvalue weighted by atomic mass is 16.2. The van der Waals surface area contributed by atoms with Crippen LogP contribution in [0.1, 0.15) is 92.1 Å². The van der Waals surface area contributed by atoms with Crippen LogP contribution in [0.2, 0.25) is 0 Å². The van der Waals surface area contributed by atoms with Gasteiger partial charge in [-0.2, -0.15) is 0 Å². The molecule has 0 amide bonds. The first-order valence-corrected chi connectivity index (χ1v) is 11.9. The molecule has 0 N–H and O–H groups in total. The maximum absolute atomic E-state index is 12.6. The Hall–Kier alpha value is -3.66. The summed E-state index contributed by atoms with van der Waals surface area (Å²) in [6.07, 6.45) is 6.21. The monoisotopic (exact) mass is 454 g/mol. The molecule has 0 aliphatic heterocycles. The van der Waals surface area contributed by atoms with Gasteiger partial charge in [-0.3, -0.25) is 19.2 Å². The Kier molecular flexibility index (Phi) is 8.80. The maximum Gasteiger partial charge on any atom is 0.233 e. The zero-order chi connectivity index (χ0) is 24.5. The zero-order valence-corrected chi connectivity index (χ0v) is 19.8. The lowest BCUT2D eigenvalue weighted by atomic mass is 9.96. The number of benzene rings is 3. The number of Topliss-reactive ketones (excluding diaryl/α,β-unsaturated/α-hetero) is 4. The van der Waals surface area contributed by atoms with Crippen LogP contribution in [0.3, 0.4) is 0 Å². The van der Waals surface area contributed by atoms with Crippen molar-refractivity contribution in [3.8, 4) is 0 Å². The first-order chi connectivity index (χ1) is 16.4. The molecule has 4 nitrogen and oxygen atoms in total. The van der Waals surface area contributed by atoms with Gasteiger partial charge in [0.15, 0.2) is 0 Å². The molecule has 0 saturated carbocycles. The highest BCUT2D eigenvalue weighted by Crippen LogP contribution is 2.15. The van der Waals surface area contributed by atoms with Gasteiger partial charge in [0.1, 0.15) is 0 Å². The molecule has 0 atom stereocenters. The quantitative estimate of drug-likeness (QED) is 0.231. The van der Waals surface area contributed by atoms with Gasteiger partial charge in [-0.15, -0.1) is 0 Å². The van der Waals surface area contributed by atoms with Gasteiger partial charge < -0.3 is 0 Å². The van der Waals surface area contributed by atoms with Crippen molar-refractivity contribution < 1.29 is 19.2 Å². The van der Waals surface area contributed by atoms with Crippen LogP contribution < -0.4 is 0 Å². The highest BCUT2D eigenvalue weighted by molar-refractivity contribution is 6.50. The largest absolute Gasteiger partial charge is 0.285 e. The predicted molar refractivity (Wildman–Crippen MR) is 134 cm³/mol. The lowest BCUT2D eigenvalue weighted by molar-refractivity contribution is 0.0814. The van der Waals surface area contributed by atoms with Gasteiger partial charge in [-0.1, -0.05) is 99.5 Å². The lowest BCUT2D eigenvalue weighted by Gasteiger charge is -2.05. The van der Waals surface area contributed by atoms with Gasteiger partial charge in [-0.25, -0.2) is 0 Å². The smallest absolute Gasteiger partial charge is 0.233 e. The number of rotatable bonds is 12. The summed E-state index contributed by atoms with van der Waals surface area (Å²) in [6.45, 7) is 4.24. The summed E-state index contributed by atoms with van der Waals surface area (Å²) in [5.41, 5.74) is 3.31. The van der Waals surface area contributed by atoms with Crippen molar-refractivity contribution in [2.75, 3.05) is 0 Å². The van der Waals surface area contributed by atoms with E-state index in [1.165, 1.54) is 24.3 Å². The van der Waals surface area contributed by atoms with Gasteiger partial charge in [-0.05, 0) is 36.8 Å². The molecular weight excluding hydrogens is 424 g/mol. The molecule has 0 radical (unpaired) electrons. The van der Waals surface area contributed by atoms with Crippen molar-refractivity contribution >= 4 is 23.1 Å². The molecule has 3 rings (SSSR count). The second kappa shape index (κ2) is 12.0. The van der Waals surface area contributed by atoms with Gasteiger partial charge >= 0.3 is 0 Å². The van der Waals surface area contributed by atoms with Crippen molar-refractivity contribution in [3.05, 3.63) is 106 Å². The average molecular weight is 455 g/mol.